The number of thioether (sulfide) groups is 1. The summed E-state index contributed by atoms with van der Waals surface area (Å²) in [5.41, 5.74) is 3.47. The fourth-order valence-corrected chi connectivity index (χ4v) is 6.59. The second kappa shape index (κ2) is 11.1. The number of fused-ring (bicyclic) bond motifs is 2. The van der Waals surface area contributed by atoms with E-state index < -0.39 is 11.2 Å². The van der Waals surface area contributed by atoms with Crippen molar-refractivity contribution in [3.63, 3.8) is 0 Å². The number of hydrogen-bond donors (Lipinski definition) is 2. The van der Waals surface area contributed by atoms with Crippen molar-refractivity contribution in [2.24, 2.45) is 0 Å². The Morgan fingerprint density at radius 1 is 1.21 bits per heavy atom. The van der Waals surface area contributed by atoms with Crippen LogP contribution >= 0.6 is 23.1 Å². The van der Waals surface area contributed by atoms with Crippen molar-refractivity contribution in [3.8, 4) is 5.69 Å². The first-order valence-corrected chi connectivity index (χ1v) is 14.4. The molecule has 0 radical (unpaired) electrons. The van der Waals surface area contributed by atoms with Crippen LogP contribution in [0.25, 0.3) is 16.7 Å². The third-order valence-corrected chi connectivity index (χ3v) is 8.68. The lowest BCUT2D eigenvalue weighted by atomic mass is 10.1. The van der Waals surface area contributed by atoms with E-state index in [0.717, 1.165) is 65.6 Å². The van der Waals surface area contributed by atoms with E-state index in [9.17, 15) is 14.4 Å². The van der Waals surface area contributed by atoms with Crippen LogP contribution in [-0.4, -0.2) is 43.5 Å². The van der Waals surface area contributed by atoms with Gasteiger partial charge in [0.1, 0.15) is 10.4 Å². The lowest BCUT2D eigenvalue weighted by Gasteiger charge is -2.12. The lowest BCUT2D eigenvalue weighted by Crippen LogP contribution is -2.24. The Balaban J connectivity index is 1.39. The topological polar surface area (TPSA) is 119 Å². The zero-order valence-electron chi connectivity index (χ0n) is 21.5. The molecule has 2 N–H and O–H groups in total. The summed E-state index contributed by atoms with van der Waals surface area (Å²) in [6.07, 6.45) is 6.39. The molecule has 1 aliphatic carbocycles. The van der Waals surface area contributed by atoms with Crippen LogP contribution in [0.3, 0.4) is 0 Å². The number of ether oxygens (including phenoxy) is 1. The van der Waals surface area contributed by atoms with Crippen LogP contribution in [0, 0.1) is 6.92 Å². The van der Waals surface area contributed by atoms with Gasteiger partial charge in [0.05, 0.1) is 29.3 Å². The minimum Gasteiger partial charge on any atom is -0.462 e. The molecule has 3 aromatic heterocycles. The molecule has 38 heavy (non-hydrogen) atoms. The maximum Gasteiger partial charge on any atom is 0.341 e. The summed E-state index contributed by atoms with van der Waals surface area (Å²) in [5, 5.41) is 7.92. The van der Waals surface area contributed by atoms with Gasteiger partial charge in [0, 0.05) is 4.88 Å². The zero-order chi connectivity index (χ0) is 26.8. The monoisotopic (exact) mass is 551 g/mol. The number of anilines is 1. The van der Waals surface area contributed by atoms with Crippen molar-refractivity contribution in [1.82, 2.24) is 19.7 Å². The number of aromatic nitrogens is 4. The molecule has 0 fully saturated rings. The van der Waals surface area contributed by atoms with Gasteiger partial charge in [-0.2, -0.15) is 5.10 Å². The molecule has 1 aliphatic rings. The Labute approximate surface area is 228 Å². The van der Waals surface area contributed by atoms with E-state index in [2.05, 4.69) is 20.4 Å². The number of nitrogens with one attached hydrogen (secondary N) is 2. The molecular weight excluding hydrogens is 522 g/mol. The summed E-state index contributed by atoms with van der Waals surface area (Å²) in [4.78, 5) is 47.3. The normalized spacial score (nSPS) is 14.1. The Morgan fingerprint density at radius 2 is 1.97 bits per heavy atom. The van der Waals surface area contributed by atoms with Gasteiger partial charge in [0.2, 0.25) is 5.91 Å². The largest absolute Gasteiger partial charge is 0.462 e. The molecule has 0 spiro atoms. The first-order chi connectivity index (χ1) is 18.4. The predicted molar refractivity (Wildman–Crippen MR) is 150 cm³/mol. The molecule has 3 heterocycles. The van der Waals surface area contributed by atoms with E-state index in [1.807, 2.05) is 31.2 Å². The Hall–Kier alpha value is -3.44. The quantitative estimate of drug-likeness (QED) is 0.143. The number of aromatic amines is 1. The summed E-state index contributed by atoms with van der Waals surface area (Å²) < 4.78 is 6.94. The molecule has 198 valence electrons. The zero-order valence-corrected chi connectivity index (χ0v) is 23.1. The van der Waals surface area contributed by atoms with Crippen LogP contribution < -0.4 is 10.9 Å². The first kappa shape index (κ1) is 26.2. The molecule has 9 nitrogen and oxygen atoms in total. The average Bonchev–Trinajstić information content (AvgIpc) is 3.38. The molecule has 0 saturated carbocycles. The van der Waals surface area contributed by atoms with Crippen LogP contribution in [0.2, 0.25) is 0 Å². The fraction of sp³-hybridized carbons (Fsp3) is 0.370. The molecular formula is C27H29N5O4S2. The van der Waals surface area contributed by atoms with Crippen LogP contribution in [0.15, 0.2) is 40.4 Å². The minimum absolute atomic E-state index is 0.268. The van der Waals surface area contributed by atoms with E-state index >= 15 is 0 Å². The fourth-order valence-electron chi connectivity index (χ4n) is 4.51. The van der Waals surface area contributed by atoms with E-state index in [1.165, 1.54) is 17.5 Å². The average molecular weight is 552 g/mol. The van der Waals surface area contributed by atoms with Crippen molar-refractivity contribution in [2.45, 2.75) is 63.3 Å². The highest BCUT2D eigenvalue weighted by molar-refractivity contribution is 8.00. The van der Waals surface area contributed by atoms with Crippen LogP contribution in [0.1, 0.15) is 59.5 Å². The van der Waals surface area contributed by atoms with E-state index in [-0.39, 0.29) is 18.1 Å². The third kappa shape index (κ3) is 5.25. The number of thiophene rings is 1. The SMILES string of the molecule is CCOC(=O)c1c(NC(=O)[C@H](C)Sc2nc3c(cnn3-c3ccc(C)cc3)c(=O)[nH]2)sc2c1CCCCC2. The number of nitrogens with zero attached hydrogens (tertiary/aromatic N) is 3. The molecule has 0 saturated heterocycles. The number of rotatable bonds is 7. The smallest absolute Gasteiger partial charge is 0.341 e. The molecule has 4 aromatic rings. The Bertz CT molecular complexity index is 1550. The van der Waals surface area contributed by atoms with Gasteiger partial charge in [-0.1, -0.05) is 35.9 Å². The van der Waals surface area contributed by atoms with Gasteiger partial charge in [0.25, 0.3) is 5.56 Å². The number of H-pyrrole nitrogens is 1. The lowest BCUT2D eigenvalue weighted by molar-refractivity contribution is -0.115. The van der Waals surface area contributed by atoms with Gasteiger partial charge in [-0.25, -0.2) is 14.5 Å². The van der Waals surface area contributed by atoms with Gasteiger partial charge in [-0.05, 0) is 64.2 Å². The summed E-state index contributed by atoms with van der Waals surface area (Å²) >= 11 is 2.60. The highest BCUT2D eigenvalue weighted by Gasteiger charge is 2.28. The first-order valence-electron chi connectivity index (χ1n) is 12.7. The number of amides is 1. The molecule has 5 rings (SSSR count). The molecule has 0 bridgehead atoms. The van der Waals surface area contributed by atoms with Crippen molar-refractivity contribution in [2.75, 3.05) is 11.9 Å². The molecule has 11 heteroatoms. The van der Waals surface area contributed by atoms with Crippen LogP contribution in [-0.2, 0) is 22.4 Å². The highest BCUT2D eigenvalue weighted by atomic mass is 32.2. The number of benzene rings is 1. The number of esters is 1. The van der Waals surface area contributed by atoms with Gasteiger partial charge in [-0.15, -0.1) is 11.3 Å². The van der Waals surface area contributed by atoms with Gasteiger partial charge < -0.3 is 15.0 Å². The second-order valence-electron chi connectivity index (χ2n) is 9.24. The summed E-state index contributed by atoms with van der Waals surface area (Å²) in [7, 11) is 0. The van der Waals surface area contributed by atoms with E-state index in [0.29, 0.717) is 26.8 Å². The van der Waals surface area contributed by atoms with Crippen molar-refractivity contribution in [1.29, 1.82) is 0 Å². The van der Waals surface area contributed by atoms with E-state index in [4.69, 9.17) is 4.74 Å². The molecule has 0 unspecified atom stereocenters. The van der Waals surface area contributed by atoms with Gasteiger partial charge >= 0.3 is 5.97 Å². The number of carbonyl (C=O) groups excluding carboxylic acids is 2. The Kier molecular flexibility index (Phi) is 7.66. The molecule has 0 aliphatic heterocycles. The summed E-state index contributed by atoms with van der Waals surface area (Å²) in [6, 6.07) is 7.76. The Morgan fingerprint density at radius 3 is 2.74 bits per heavy atom. The van der Waals surface area contributed by atoms with Gasteiger partial charge in [0.15, 0.2) is 10.8 Å². The number of aryl methyl sites for hydroxylation is 2. The van der Waals surface area contributed by atoms with Gasteiger partial charge in [-0.3, -0.25) is 9.59 Å². The summed E-state index contributed by atoms with van der Waals surface area (Å²) in [6.45, 7) is 5.78. The van der Waals surface area contributed by atoms with Crippen molar-refractivity contribution in [3.05, 3.63) is 62.4 Å². The van der Waals surface area contributed by atoms with Crippen LogP contribution in [0.5, 0.6) is 0 Å². The standard InChI is InChI=1S/C27H29N5O4S2/c1-4-36-26(35)21-18-8-6-5-7-9-20(18)38-25(21)30-23(33)16(3)37-27-29-22-19(24(34)31-27)14-28-32(22)17-12-10-15(2)11-13-17/h10-14,16H,4-9H2,1-3H3,(H,30,33)(H,29,31,34)/t16-/m0/s1. The van der Waals surface area contributed by atoms with Crippen molar-refractivity contribution < 1.29 is 14.3 Å². The number of carbonyl (C=O) groups is 2. The molecule has 1 aromatic carbocycles. The van der Waals surface area contributed by atoms with E-state index in [1.54, 1.807) is 18.5 Å². The minimum atomic E-state index is -0.594. The highest BCUT2D eigenvalue weighted by Crippen LogP contribution is 2.38. The number of hydrogen-bond acceptors (Lipinski definition) is 8. The third-order valence-electron chi connectivity index (χ3n) is 6.49. The maximum absolute atomic E-state index is 13.2. The predicted octanol–water partition coefficient (Wildman–Crippen LogP) is 5.04. The maximum atomic E-state index is 13.2. The molecule has 1 amide bonds. The summed E-state index contributed by atoms with van der Waals surface area (Å²) in [5.74, 6) is -0.685. The van der Waals surface area contributed by atoms with Crippen molar-refractivity contribution >= 4 is 51.0 Å². The molecule has 1 atom stereocenters. The van der Waals surface area contributed by atoms with Crippen LogP contribution in [0.4, 0.5) is 5.00 Å². The second-order valence-corrected chi connectivity index (χ2v) is 11.7.